The monoisotopic (exact) mass is 413 g/mol. The van der Waals surface area contributed by atoms with Crippen LogP contribution in [-0.2, 0) is 6.61 Å². The molecule has 0 radical (unpaired) electrons. The van der Waals surface area contributed by atoms with Gasteiger partial charge in [0.25, 0.3) is 0 Å². The summed E-state index contributed by atoms with van der Waals surface area (Å²) in [5, 5.41) is 8.82. The molecular formula is C27H31N3O. The van der Waals surface area contributed by atoms with E-state index in [4.69, 9.17) is 10.1 Å². The van der Waals surface area contributed by atoms with E-state index >= 15 is 0 Å². The van der Waals surface area contributed by atoms with Crippen molar-refractivity contribution in [2.75, 3.05) is 32.7 Å². The van der Waals surface area contributed by atoms with Gasteiger partial charge in [0.2, 0.25) is 0 Å². The van der Waals surface area contributed by atoms with E-state index in [9.17, 15) is 0 Å². The van der Waals surface area contributed by atoms with Crippen LogP contribution in [-0.4, -0.2) is 48.4 Å². The molecule has 3 aromatic carbocycles. The Balaban J connectivity index is 1.33. The molecular weight excluding hydrogens is 382 g/mol. The fraction of sp³-hybridized carbons (Fsp3) is 0.296. The molecule has 1 aliphatic rings. The molecule has 1 saturated heterocycles. The lowest BCUT2D eigenvalue weighted by molar-refractivity contribution is 0.175. The van der Waals surface area contributed by atoms with Crippen molar-refractivity contribution in [2.45, 2.75) is 19.4 Å². The van der Waals surface area contributed by atoms with Gasteiger partial charge >= 0.3 is 0 Å². The lowest BCUT2D eigenvalue weighted by Gasteiger charge is -2.37. The van der Waals surface area contributed by atoms with Crippen LogP contribution in [0.2, 0.25) is 0 Å². The molecule has 1 fully saturated rings. The molecule has 4 heteroatoms. The fourth-order valence-electron chi connectivity index (χ4n) is 4.12. The average Bonchev–Trinajstić information content (AvgIpc) is 2.84. The Morgan fingerprint density at radius 3 is 2.16 bits per heavy atom. The number of hydrogen-bond donors (Lipinski definition) is 1. The van der Waals surface area contributed by atoms with Crippen molar-refractivity contribution in [3.63, 3.8) is 0 Å². The standard InChI is InChI=1S/C27H31N3O/c1-22(24-12-6-3-7-13-24)20-29-16-18-30(19-17-29)27(28)25-14-8-9-15-26(25)31-21-23-10-4-2-5-11-23/h2-15,22,28H,16-21H2,1H3. The van der Waals surface area contributed by atoms with E-state index in [2.05, 4.69) is 59.2 Å². The predicted molar refractivity (Wildman–Crippen MR) is 127 cm³/mol. The molecule has 0 bridgehead atoms. The molecule has 1 unspecified atom stereocenters. The van der Waals surface area contributed by atoms with Crippen molar-refractivity contribution in [3.05, 3.63) is 102 Å². The number of piperazine rings is 1. The highest BCUT2D eigenvalue weighted by atomic mass is 16.5. The molecule has 0 aromatic heterocycles. The summed E-state index contributed by atoms with van der Waals surface area (Å²) in [6.45, 7) is 7.56. The minimum atomic E-state index is 0.510. The lowest BCUT2D eigenvalue weighted by atomic mass is 10.0. The number of para-hydroxylation sites is 1. The van der Waals surface area contributed by atoms with Crippen molar-refractivity contribution in [3.8, 4) is 5.75 Å². The van der Waals surface area contributed by atoms with Gasteiger partial charge in [-0.15, -0.1) is 0 Å². The smallest absolute Gasteiger partial charge is 0.131 e. The van der Waals surface area contributed by atoms with Gasteiger partial charge in [-0.3, -0.25) is 10.3 Å². The van der Waals surface area contributed by atoms with E-state index in [1.54, 1.807) is 0 Å². The zero-order chi connectivity index (χ0) is 21.5. The molecule has 0 spiro atoms. The van der Waals surface area contributed by atoms with Gasteiger partial charge < -0.3 is 9.64 Å². The van der Waals surface area contributed by atoms with Gasteiger partial charge in [0.15, 0.2) is 0 Å². The second-order valence-corrected chi connectivity index (χ2v) is 8.22. The minimum absolute atomic E-state index is 0.510. The van der Waals surface area contributed by atoms with E-state index in [1.165, 1.54) is 5.56 Å². The summed E-state index contributed by atoms with van der Waals surface area (Å²) in [6.07, 6.45) is 0. The molecule has 3 aromatic rings. The van der Waals surface area contributed by atoms with Crippen LogP contribution in [0.25, 0.3) is 0 Å². The van der Waals surface area contributed by atoms with Gasteiger partial charge in [-0.2, -0.15) is 0 Å². The first-order chi connectivity index (χ1) is 15.2. The maximum absolute atomic E-state index is 8.82. The summed E-state index contributed by atoms with van der Waals surface area (Å²) < 4.78 is 6.08. The number of amidine groups is 1. The molecule has 1 aliphatic heterocycles. The van der Waals surface area contributed by atoms with Crippen LogP contribution in [0.15, 0.2) is 84.9 Å². The summed E-state index contributed by atoms with van der Waals surface area (Å²) in [6, 6.07) is 28.8. The third kappa shape index (κ3) is 5.53. The number of nitrogens with zero attached hydrogens (tertiary/aromatic N) is 2. The SMILES string of the molecule is CC(CN1CCN(C(=N)c2ccccc2OCc2ccccc2)CC1)c1ccccc1. The molecule has 1 atom stereocenters. The number of hydrogen-bond acceptors (Lipinski definition) is 3. The Hall–Kier alpha value is -3.11. The van der Waals surface area contributed by atoms with Crippen LogP contribution in [0.3, 0.4) is 0 Å². The first-order valence-corrected chi connectivity index (χ1v) is 11.1. The topological polar surface area (TPSA) is 39.6 Å². The number of nitrogens with one attached hydrogen (secondary N) is 1. The molecule has 160 valence electrons. The highest BCUT2D eigenvalue weighted by molar-refractivity contribution is 5.99. The normalized spacial score (nSPS) is 15.5. The Bertz CT molecular complexity index is 966. The number of benzene rings is 3. The van der Waals surface area contributed by atoms with Crippen molar-refractivity contribution >= 4 is 5.84 Å². The largest absolute Gasteiger partial charge is 0.488 e. The van der Waals surface area contributed by atoms with Crippen LogP contribution in [0.4, 0.5) is 0 Å². The number of rotatable bonds is 7. The van der Waals surface area contributed by atoms with Crippen LogP contribution >= 0.6 is 0 Å². The molecule has 0 saturated carbocycles. The Labute approximate surface area is 185 Å². The maximum Gasteiger partial charge on any atom is 0.131 e. The Morgan fingerprint density at radius 1 is 0.839 bits per heavy atom. The van der Waals surface area contributed by atoms with Crippen LogP contribution in [0, 0.1) is 5.41 Å². The molecule has 31 heavy (non-hydrogen) atoms. The van der Waals surface area contributed by atoms with E-state index in [1.807, 2.05) is 42.5 Å². The summed E-state index contributed by atoms with van der Waals surface area (Å²) >= 11 is 0. The average molecular weight is 414 g/mol. The zero-order valence-corrected chi connectivity index (χ0v) is 18.2. The lowest BCUT2D eigenvalue weighted by Crippen LogP contribution is -2.49. The zero-order valence-electron chi connectivity index (χ0n) is 18.2. The Morgan fingerprint density at radius 2 is 1.45 bits per heavy atom. The van der Waals surface area contributed by atoms with Gasteiger partial charge in [0.05, 0.1) is 5.56 Å². The van der Waals surface area contributed by atoms with Crippen LogP contribution in [0.1, 0.15) is 29.5 Å². The van der Waals surface area contributed by atoms with E-state index in [-0.39, 0.29) is 0 Å². The second-order valence-electron chi connectivity index (χ2n) is 8.22. The van der Waals surface area contributed by atoms with Crippen molar-refractivity contribution in [1.29, 1.82) is 5.41 Å². The second kappa shape index (κ2) is 10.3. The third-order valence-corrected chi connectivity index (χ3v) is 5.97. The van der Waals surface area contributed by atoms with Gasteiger partial charge in [-0.1, -0.05) is 79.7 Å². The molecule has 0 amide bonds. The van der Waals surface area contributed by atoms with Gasteiger partial charge in [-0.05, 0) is 29.2 Å². The Kier molecular flexibility index (Phi) is 7.00. The highest BCUT2D eigenvalue weighted by Crippen LogP contribution is 2.23. The summed E-state index contributed by atoms with van der Waals surface area (Å²) in [4.78, 5) is 4.69. The molecule has 4 nitrogen and oxygen atoms in total. The summed E-state index contributed by atoms with van der Waals surface area (Å²) in [7, 11) is 0. The maximum atomic E-state index is 8.82. The van der Waals surface area contributed by atoms with E-state index in [0.29, 0.717) is 18.4 Å². The molecule has 4 rings (SSSR count). The van der Waals surface area contributed by atoms with Crippen molar-refractivity contribution < 1.29 is 4.74 Å². The summed E-state index contributed by atoms with van der Waals surface area (Å²) in [5.41, 5.74) is 3.39. The number of ether oxygens (including phenoxy) is 1. The van der Waals surface area contributed by atoms with Gasteiger partial charge in [0.1, 0.15) is 18.2 Å². The predicted octanol–water partition coefficient (Wildman–Crippen LogP) is 5.01. The fourth-order valence-corrected chi connectivity index (χ4v) is 4.12. The highest BCUT2D eigenvalue weighted by Gasteiger charge is 2.23. The quantitative estimate of drug-likeness (QED) is 0.437. The van der Waals surface area contributed by atoms with Crippen molar-refractivity contribution in [1.82, 2.24) is 9.80 Å². The van der Waals surface area contributed by atoms with Crippen molar-refractivity contribution in [2.24, 2.45) is 0 Å². The first-order valence-electron chi connectivity index (χ1n) is 11.1. The van der Waals surface area contributed by atoms with Crippen LogP contribution in [0.5, 0.6) is 5.75 Å². The van der Waals surface area contributed by atoms with Crippen LogP contribution < -0.4 is 4.74 Å². The summed E-state index contributed by atoms with van der Waals surface area (Å²) in [5.74, 6) is 1.84. The van der Waals surface area contributed by atoms with E-state index < -0.39 is 0 Å². The third-order valence-electron chi connectivity index (χ3n) is 5.97. The molecule has 1 N–H and O–H groups in total. The minimum Gasteiger partial charge on any atom is -0.488 e. The van der Waals surface area contributed by atoms with Gasteiger partial charge in [-0.25, -0.2) is 0 Å². The first kappa shape index (κ1) is 21.1. The molecule has 0 aliphatic carbocycles. The molecule has 1 heterocycles. The van der Waals surface area contributed by atoms with E-state index in [0.717, 1.165) is 49.6 Å². The van der Waals surface area contributed by atoms with Gasteiger partial charge in [0, 0.05) is 32.7 Å².